The molecule has 6 nitrogen and oxygen atoms in total. The van der Waals surface area contributed by atoms with E-state index in [0.29, 0.717) is 21.7 Å². The number of nitrogens with one attached hydrogen (secondary N) is 2. The Morgan fingerprint density at radius 3 is 2.68 bits per heavy atom. The van der Waals surface area contributed by atoms with Crippen molar-refractivity contribution >= 4 is 52.1 Å². The molecule has 4 aromatic rings. The van der Waals surface area contributed by atoms with E-state index in [1.807, 2.05) is 85.3 Å². The first-order valence-corrected chi connectivity index (χ1v) is 13.5. The number of hydrogen-bond donors (Lipinski definition) is 2. The third kappa shape index (κ3) is 5.41. The Kier molecular flexibility index (Phi) is 7.70. The van der Waals surface area contributed by atoms with Crippen LogP contribution in [0.25, 0.3) is 5.69 Å². The van der Waals surface area contributed by atoms with Gasteiger partial charge >= 0.3 is 0 Å². The zero-order chi connectivity index (χ0) is 26.8. The molecule has 1 saturated heterocycles. The number of halogens is 2. The summed E-state index contributed by atoms with van der Waals surface area (Å²) in [6.45, 7) is 4.42. The fourth-order valence-electron chi connectivity index (χ4n) is 4.80. The summed E-state index contributed by atoms with van der Waals surface area (Å²) in [6.07, 6.45) is 4.00. The van der Waals surface area contributed by atoms with E-state index in [1.165, 1.54) is 0 Å². The molecule has 194 valence electrons. The van der Waals surface area contributed by atoms with Gasteiger partial charge in [-0.1, -0.05) is 41.4 Å². The lowest BCUT2D eigenvalue weighted by Gasteiger charge is -2.29. The number of nitrogens with zero attached hydrogens (tertiary/aromatic N) is 3. The molecule has 5 rings (SSSR count). The van der Waals surface area contributed by atoms with Crippen molar-refractivity contribution < 1.29 is 4.79 Å². The van der Waals surface area contributed by atoms with Gasteiger partial charge in [-0.25, -0.2) is 0 Å². The quantitative estimate of drug-likeness (QED) is 0.242. The van der Waals surface area contributed by atoms with Crippen LogP contribution in [0.3, 0.4) is 0 Å². The lowest BCUT2D eigenvalue weighted by Crippen LogP contribution is -2.33. The SMILES string of the molecule is Cc1ccc(C)c(NC(=O)CCN2C(=S)N[C@@H](c3ccccn3)[C@H]2c2cccn2-c2ccc(Cl)cc2Cl)c1. The van der Waals surface area contributed by atoms with Gasteiger partial charge in [0.15, 0.2) is 5.11 Å². The van der Waals surface area contributed by atoms with Crippen LogP contribution in [-0.4, -0.2) is 32.0 Å². The first kappa shape index (κ1) is 26.2. The molecule has 1 aliphatic rings. The van der Waals surface area contributed by atoms with Crippen LogP contribution in [0.1, 0.15) is 41.0 Å². The number of anilines is 1. The second kappa shape index (κ2) is 11.2. The van der Waals surface area contributed by atoms with Crippen molar-refractivity contribution in [1.29, 1.82) is 0 Å². The number of carbonyl (C=O) groups is 1. The maximum atomic E-state index is 13.0. The van der Waals surface area contributed by atoms with Crippen molar-refractivity contribution in [2.45, 2.75) is 32.4 Å². The van der Waals surface area contributed by atoms with E-state index < -0.39 is 0 Å². The molecule has 0 spiro atoms. The van der Waals surface area contributed by atoms with Crippen molar-refractivity contribution in [3.05, 3.63) is 112 Å². The third-order valence-electron chi connectivity index (χ3n) is 6.70. The molecule has 0 unspecified atom stereocenters. The smallest absolute Gasteiger partial charge is 0.226 e. The average Bonchev–Trinajstić information content (AvgIpc) is 3.49. The molecule has 2 atom stereocenters. The lowest BCUT2D eigenvalue weighted by atomic mass is 10.0. The van der Waals surface area contributed by atoms with Crippen molar-refractivity contribution in [3.63, 3.8) is 0 Å². The maximum absolute atomic E-state index is 13.0. The van der Waals surface area contributed by atoms with Crippen molar-refractivity contribution in [2.75, 3.05) is 11.9 Å². The van der Waals surface area contributed by atoms with E-state index in [0.717, 1.165) is 33.9 Å². The highest BCUT2D eigenvalue weighted by molar-refractivity contribution is 7.80. The number of amides is 1. The molecular weight excluding hydrogens is 537 g/mol. The predicted octanol–water partition coefficient (Wildman–Crippen LogP) is 6.80. The highest BCUT2D eigenvalue weighted by Gasteiger charge is 2.41. The van der Waals surface area contributed by atoms with Crippen molar-refractivity contribution in [2.24, 2.45) is 0 Å². The lowest BCUT2D eigenvalue weighted by molar-refractivity contribution is -0.116. The summed E-state index contributed by atoms with van der Waals surface area (Å²) < 4.78 is 2.04. The molecule has 1 amide bonds. The van der Waals surface area contributed by atoms with Gasteiger partial charge in [0, 0.05) is 41.8 Å². The molecule has 9 heteroatoms. The van der Waals surface area contributed by atoms with Crippen LogP contribution >= 0.6 is 35.4 Å². The van der Waals surface area contributed by atoms with Crippen LogP contribution in [0, 0.1) is 13.8 Å². The molecule has 0 aliphatic carbocycles. The molecule has 3 heterocycles. The third-order valence-corrected chi connectivity index (χ3v) is 7.59. The van der Waals surface area contributed by atoms with Crippen LogP contribution in [0.2, 0.25) is 10.0 Å². The minimum atomic E-state index is -0.229. The first-order valence-electron chi connectivity index (χ1n) is 12.3. The van der Waals surface area contributed by atoms with Gasteiger partial charge in [0.05, 0.1) is 28.5 Å². The Morgan fingerprint density at radius 2 is 1.92 bits per heavy atom. The Morgan fingerprint density at radius 1 is 1.08 bits per heavy atom. The van der Waals surface area contributed by atoms with Crippen molar-refractivity contribution in [3.8, 4) is 5.69 Å². The molecular formula is C29H27Cl2N5OS. The Hall–Kier alpha value is -3.39. The van der Waals surface area contributed by atoms with Gasteiger partial charge < -0.3 is 20.1 Å². The number of hydrogen-bond acceptors (Lipinski definition) is 3. The molecule has 38 heavy (non-hydrogen) atoms. The molecule has 0 saturated carbocycles. The molecule has 1 aliphatic heterocycles. The zero-order valence-electron chi connectivity index (χ0n) is 21.0. The largest absolute Gasteiger partial charge is 0.352 e. The molecule has 0 radical (unpaired) electrons. The summed E-state index contributed by atoms with van der Waals surface area (Å²) in [5, 5.41) is 8.18. The summed E-state index contributed by atoms with van der Waals surface area (Å²) in [7, 11) is 0. The minimum absolute atomic E-state index is 0.0716. The summed E-state index contributed by atoms with van der Waals surface area (Å²) in [5.41, 5.74) is 5.57. The van der Waals surface area contributed by atoms with E-state index >= 15 is 0 Å². The Labute approximate surface area is 237 Å². The van der Waals surface area contributed by atoms with Gasteiger partial charge in [-0.15, -0.1) is 0 Å². The standard InChI is InChI=1S/C29H27Cl2N5OS/c1-18-8-9-19(2)23(16-18)33-26(37)12-15-36-28(27(34-29(36)38)22-6-3-4-13-32-22)25-7-5-14-35(25)24-11-10-20(30)17-21(24)31/h3-11,13-14,16-17,27-28H,12,15H2,1-2H3,(H,33,37)(H,34,38)/t27-,28+/m0/s1. The summed E-state index contributed by atoms with van der Waals surface area (Å²) in [6, 6.07) is 20.9. The zero-order valence-corrected chi connectivity index (χ0v) is 23.3. The molecule has 0 bridgehead atoms. The fraction of sp³-hybridized carbons (Fsp3) is 0.207. The number of benzene rings is 2. The second-order valence-corrected chi connectivity index (χ2v) is 10.6. The van der Waals surface area contributed by atoms with Crippen molar-refractivity contribution in [1.82, 2.24) is 19.8 Å². The second-order valence-electron chi connectivity index (χ2n) is 9.34. The van der Waals surface area contributed by atoms with Crippen LogP contribution in [-0.2, 0) is 4.79 Å². The van der Waals surface area contributed by atoms with Gasteiger partial charge in [0.2, 0.25) is 5.91 Å². The minimum Gasteiger partial charge on any atom is -0.352 e. The predicted molar refractivity (Wildman–Crippen MR) is 157 cm³/mol. The number of aryl methyl sites for hydroxylation is 2. The van der Waals surface area contributed by atoms with E-state index in [2.05, 4.69) is 20.5 Å². The van der Waals surface area contributed by atoms with Gasteiger partial charge in [0.1, 0.15) is 0 Å². The van der Waals surface area contributed by atoms with Crippen LogP contribution in [0.15, 0.2) is 79.1 Å². The number of thiocarbonyl (C=S) groups is 1. The topological polar surface area (TPSA) is 62.2 Å². The molecule has 1 fully saturated rings. The van der Waals surface area contributed by atoms with E-state index in [1.54, 1.807) is 12.3 Å². The summed E-state index contributed by atoms with van der Waals surface area (Å²) in [4.78, 5) is 19.7. The van der Waals surface area contributed by atoms with E-state index in [-0.39, 0.29) is 24.4 Å². The van der Waals surface area contributed by atoms with E-state index in [4.69, 9.17) is 35.4 Å². The average molecular weight is 565 g/mol. The fourth-order valence-corrected chi connectivity index (χ4v) is 5.64. The monoisotopic (exact) mass is 563 g/mol. The summed E-state index contributed by atoms with van der Waals surface area (Å²) >= 11 is 18.6. The van der Waals surface area contributed by atoms with Gasteiger partial charge in [-0.3, -0.25) is 9.78 Å². The van der Waals surface area contributed by atoms with Crippen LogP contribution < -0.4 is 10.6 Å². The number of pyridine rings is 1. The highest BCUT2D eigenvalue weighted by Crippen LogP contribution is 2.40. The molecule has 2 N–H and O–H groups in total. The number of aromatic nitrogens is 2. The molecule has 2 aromatic carbocycles. The first-order chi connectivity index (χ1) is 18.3. The highest BCUT2D eigenvalue weighted by atomic mass is 35.5. The van der Waals surface area contributed by atoms with Gasteiger partial charge in [-0.05, 0) is 85.7 Å². The number of carbonyl (C=O) groups excluding carboxylic acids is 1. The van der Waals surface area contributed by atoms with Crippen LogP contribution in [0.4, 0.5) is 5.69 Å². The van der Waals surface area contributed by atoms with Crippen LogP contribution in [0.5, 0.6) is 0 Å². The molecule has 2 aromatic heterocycles. The number of rotatable bonds is 7. The summed E-state index contributed by atoms with van der Waals surface area (Å²) in [5.74, 6) is -0.0716. The van der Waals surface area contributed by atoms with Gasteiger partial charge in [0.25, 0.3) is 0 Å². The van der Waals surface area contributed by atoms with Gasteiger partial charge in [-0.2, -0.15) is 0 Å². The Balaban J connectivity index is 1.46. The normalized spacial score (nSPS) is 16.9. The Bertz CT molecular complexity index is 1490. The van der Waals surface area contributed by atoms with E-state index in [9.17, 15) is 4.79 Å². The maximum Gasteiger partial charge on any atom is 0.226 e.